The van der Waals surface area contributed by atoms with Crippen molar-refractivity contribution in [2.24, 2.45) is 11.8 Å². The number of hydrogen-bond donors (Lipinski definition) is 4. The Labute approximate surface area is 430 Å². The second-order valence-corrected chi connectivity index (χ2v) is 20.4. The zero-order chi connectivity index (χ0) is 52.0. The monoisotopic (exact) mass is 1000 g/mol. The summed E-state index contributed by atoms with van der Waals surface area (Å²) in [5.74, 6) is -2.26. The molecule has 0 aliphatic carbocycles. The third-order valence-corrected chi connectivity index (χ3v) is 13.1. The Morgan fingerprint density at radius 1 is 0.425 bits per heavy atom. The SMILES string of the molecule is CC(C)C[C@H](NC(=O)OCc1ccccc1)C(=O)N[C@@H](C=CS(=O)(=O)C=C[C@H](NC(=O)[C@H](CC(C)C)NC(=O)OCc1ccccc1)C(c1ccccc1)c1ccccc1)C(c1ccccc1)c1ccccc1. The Hall–Kier alpha value is -7.77. The first-order chi connectivity index (χ1) is 35.2. The molecule has 0 unspecified atom stereocenters. The lowest BCUT2D eigenvalue weighted by Gasteiger charge is -2.29. The minimum absolute atomic E-state index is 0.00470. The highest BCUT2D eigenvalue weighted by molar-refractivity contribution is 7.97. The van der Waals surface area contributed by atoms with Crippen LogP contribution in [0.15, 0.2) is 205 Å². The molecule has 0 fully saturated rings. The fourth-order valence-electron chi connectivity index (χ4n) is 8.52. The van der Waals surface area contributed by atoms with Gasteiger partial charge in [-0.1, -0.05) is 210 Å². The molecule has 0 heterocycles. The summed E-state index contributed by atoms with van der Waals surface area (Å²) < 4.78 is 40.0. The van der Waals surface area contributed by atoms with E-state index in [1.807, 2.05) is 210 Å². The molecule has 4 atom stereocenters. The number of rotatable bonds is 24. The molecular formula is C60H66N4O8S. The molecule has 0 saturated carbocycles. The predicted molar refractivity (Wildman–Crippen MR) is 287 cm³/mol. The fraction of sp³-hybridized carbons (Fsp3) is 0.267. The van der Waals surface area contributed by atoms with E-state index in [1.165, 1.54) is 12.2 Å². The van der Waals surface area contributed by atoms with Crippen LogP contribution in [-0.2, 0) is 42.1 Å². The smallest absolute Gasteiger partial charge is 0.408 e. The predicted octanol–water partition coefficient (Wildman–Crippen LogP) is 10.7. The van der Waals surface area contributed by atoms with Crippen LogP contribution in [0, 0.1) is 11.8 Å². The van der Waals surface area contributed by atoms with Crippen molar-refractivity contribution in [3.05, 3.63) is 238 Å². The van der Waals surface area contributed by atoms with Crippen LogP contribution < -0.4 is 21.3 Å². The summed E-state index contributed by atoms with van der Waals surface area (Å²) in [4.78, 5) is 55.4. The van der Waals surface area contributed by atoms with E-state index in [4.69, 9.17) is 9.47 Å². The molecule has 6 aromatic carbocycles. The van der Waals surface area contributed by atoms with Gasteiger partial charge in [0.25, 0.3) is 0 Å². The number of alkyl carbamates (subject to hydrolysis) is 2. The summed E-state index contributed by atoms with van der Waals surface area (Å²) >= 11 is 0. The summed E-state index contributed by atoms with van der Waals surface area (Å²) in [6.45, 7) is 7.74. The van der Waals surface area contributed by atoms with Gasteiger partial charge >= 0.3 is 12.2 Å². The fourth-order valence-corrected chi connectivity index (χ4v) is 9.39. The van der Waals surface area contributed by atoms with E-state index in [-0.39, 0.29) is 37.9 Å². The lowest BCUT2D eigenvalue weighted by atomic mass is 9.84. The average Bonchev–Trinajstić information content (AvgIpc) is 3.39. The molecule has 0 bridgehead atoms. The number of carbonyl (C=O) groups excluding carboxylic acids is 4. The van der Waals surface area contributed by atoms with Gasteiger partial charge in [0.15, 0.2) is 9.84 Å². The van der Waals surface area contributed by atoms with Gasteiger partial charge in [-0.3, -0.25) is 9.59 Å². The van der Waals surface area contributed by atoms with E-state index >= 15 is 0 Å². The van der Waals surface area contributed by atoms with Crippen LogP contribution in [0.2, 0.25) is 0 Å². The maximum absolute atomic E-state index is 14.5. The third-order valence-electron chi connectivity index (χ3n) is 12.0. The Balaban J connectivity index is 1.34. The number of sulfone groups is 1. The van der Waals surface area contributed by atoms with Crippen molar-refractivity contribution in [1.29, 1.82) is 0 Å². The van der Waals surface area contributed by atoms with Crippen LogP contribution in [0.25, 0.3) is 0 Å². The van der Waals surface area contributed by atoms with Gasteiger partial charge in [-0.15, -0.1) is 0 Å². The van der Waals surface area contributed by atoms with Gasteiger partial charge in [-0.25, -0.2) is 18.0 Å². The van der Waals surface area contributed by atoms with Crippen molar-refractivity contribution < 1.29 is 37.1 Å². The minimum Gasteiger partial charge on any atom is -0.445 e. The van der Waals surface area contributed by atoms with Crippen molar-refractivity contribution in [3.63, 3.8) is 0 Å². The van der Waals surface area contributed by atoms with E-state index in [1.54, 1.807) is 0 Å². The highest BCUT2D eigenvalue weighted by Crippen LogP contribution is 2.31. The van der Waals surface area contributed by atoms with Gasteiger partial charge in [-0.2, -0.15) is 0 Å². The highest BCUT2D eigenvalue weighted by atomic mass is 32.2. The normalized spacial score (nSPS) is 13.4. The van der Waals surface area contributed by atoms with Gasteiger partial charge in [0, 0.05) is 22.7 Å². The van der Waals surface area contributed by atoms with E-state index < -0.39 is 69.8 Å². The quantitative estimate of drug-likeness (QED) is 0.0465. The minimum atomic E-state index is -4.27. The summed E-state index contributed by atoms with van der Waals surface area (Å²) in [5, 5.41) is 13.8. The van der Waals surface area contributed by atoms with Crippen LogP contribution in [0.5, 0.6) is 0 Å². The Morgan fingerprint density at radius 2 is 0.699 bits per heavy atom. The maximum Gasteiger partial charge on any atom is 0.408 e. The van der Waals surface area contributed by atoms with Gasteiger partial charge in [-0.05, 0) is 70.2 Å². The number of hydrogen-bond acceptors (Lipinski definition) is 8. The maximum atomic E-state index is 14.5. The van der Waals surface area contributed by atoms with E-state index in [2.05, 4.69) is 21.3 Å². The molecule has 12 nitrogen and oxygen atoms in total. The van der Waals surface area contributed by atoms with Crippen molar-refractivity contribution in [3.8, 4) is 0 Å². The number of ether oxygens (including phenoxy) is 2. The standard InChI is InChI=1S/C60H66N4O8S/c1-43(2)39-53(63-59(67)71-41-45-23-11-5-12-24-45)57(65)61-51(55(47-27-15-7-16-28-47)48-29-17-8-18-30-48)35-37-73(69,70)38-36-52(56(49-31-19-9-20-32-49)50-33-21-10-22-34-50)62-58(66)54(40-44(3)4)64-60(68)72-42-46-25-13-6-14-26-46/h5-38,43-44,51-56H,39-42H2,1-4H3,(H,61,65)(H,62,66)(H,63,67)(H,64,68)/t51-,52-,53-,54-/m0/s1. The van der Waals surface area contributed by atoms with Crippen molar-refractivity contribution in [2.45, 2.75) is 89.8 Å². The summed E-state index contributed by atoms with van der Waals surface area (Å²) in [6, 6.07) is 52.2. The Bertz CT molecular complexity index is 2550. The van der Waals surface area contributed by atoms with Crippen LogP contribution >= 0.6 is 0 Å². The largest absolute Gasteiger partial charge is 0.445 e. The van der Waals surface area contributed by atoms with E-state index in [9.17, 15) is 27.6 Å². The molecule has 6 rings (SSSR count). The van der Waals surface area contributed by atoms with Gasteiger partial charge in [0.2, 0.25) is 11.8 Å². The number of carbonyl (C=O) groups is 4. The van der Waals surface area contributed by atoms with Crippen LogP contribution in [-0.4, -0.2) is 56.6 Å². The molecule has 0 aromatic heterocycles. The second-order valence-electron chi connectivity index (χ2n) is 18.7. The zero-order valence-electron chi connectivity index (χ0n) is 41.8. The third kappa shape index (κ3) is 17.8. The van der Waals surface area contributed by atoms with E-state index in [0.717, 1.165) is 44.2 Å². The Kier molecular flexibility index (Phi) is 20.7. The molecule has 73 heavy (non-hydrogen) atoms. The average molecular weight is 1000 g/mol. The molecule has 0 aliphatic rings. The first-order valence-corrected chi connectivity index (χ1v) is 26.2. The molecule has 0 saturated heterocycles. The molecular weight excluding hydrogens is 937 g/mol. The van der Waals surface area contributed by atoms with Gasteiger partial charge < -0.3 is 30.7 Å². The second kappa shape index (κ2) is 27.7. The lowest BCUT2D eigenvalue weighted by Crippen LogP contribution is -2.51. The van der Waals surface area contributed by atoms with Crippen LogP contribution in [0.3, 0.4) is 0 Å². The molecule has 4 amide bonds. The zero-order valence-corrected chi connectivity index (χ0v) is 42.6. The van der Waals surface area contributed by atoms with Crippen LogP contribution in [0.4, 0.5) is 9.59 Å². The topological polar surface area (TPSA) is 169 Å². The van der Waals surface area contributed by atoms with Gasteiger partial charge in [0.05, 0.1) is 12.1 Å². The number of benzene rings is 6. The molecule has 380 valence electrons. The first-order valence-electron chi connectivity index (χ1n) is 24.6. The van der Waals surface area contributed by atoms with E-state index in [0.29, 0.717) is 0 Å². The number of nitrogens with one attached hydrogen (secondary N) is 4. The Morgan fingerprint density at radius 3 is 0.973 bits per heavy atom. The van der Waals surface area contributed by atoms with Gasteiger partial charge in [0.1, 0.15) is 25.3 Å². The molecule has 0 radical (unpaired) electrons. The summed E-state index contributed by atoms with van der Waals surface area (Å²) in [5.41, 5.74) is 4.78. The molecule has 0 aliphatic heterocycles. The highest BCUT2D eigenvalue weighted by Gasteiger charge is 2.32. The van der Waals surface area contributed by atoms with Crippen molar-refractivity contribution in [2.75, 3.05) is 0 Å². The molecule has 0 spiro atoms. The first kappa shape index (κ1) is 54.6. The summed E-state index contributed by atoms with van der Waals surface area (Å²) in [6.07, 6.45) is 1.89. The van der Waals surface area contributed by atoms with Crippen molar-refractivity contribution >= 4 is 33.8 Å². The summed E-state index contributed by atoms with van der Waals surface area (Å²) in [7, 11) is -4.27. The number of amides is 4. The molecule has 6 aromatic rings. The molecule has 13 heteroatoms. The molecule has 4 N–H and O–H groups in total. The van der Waals surface area contributed by atoms with Crippen LogP contribution in [0.1, 0.15) is 85.8 Å². The van der Waals surface area contributed by atoms with Crippen molar-refractivity contribution in [1.82, 2.24) is 21.3 Å². The lowest BCUT2D eigenvalue weighted by molar-refractivity contribution is -0.124.